The number of rotatable bonds is 3. The van der Waals surface area contributed by atoms with Gasteiger partial charge in [-0.05, 0) is 0 Å². The molecule has 0 nitrogen and oxygen atoms in total. The Kier molecular flexibility index (Phi) is 10.1. The molecule has 0 aliphatic heterocycles. The Morgan fingerprint density at radius 2 is 1.12 bits per heavy atom. The van der Waals surface area contributed by atoms with Crippen molar-refractivity contribution in [1.29, 1.82) is 0 Å². The van der Waals surface area contributed by atoms with Crippen LogP contribution < -0.4 is 0 Å². The summed E-state index contributed by atoms with van der Waals surface area (Å²) in [5.74, 6) is 0. The number of hydrogen-bond donors (Lipinski definition) is 0. The van der Waals surface area contributed by atoms with Crippen LogP contribution in [0.2, 0.25) is 18.1 Å². The third-order valence-electron chi connectivity index (χ3n) is 1.73. The maximum absolute atomic E-state index is 2.32. The normalized spacial score (nSPS) is 9.00. The molecule has 0 amide bonds. The lowest BCUT2D eigenvalue weighted by atomic mass is 10.8. The fraction of sp³-hybridized carbons (Fsp3) is 1.00. The second kappa shape index (κ2) is 7.28. The maximum atomic E-state index is 2.32. The fourth-order valence-corrected chi connectivity index (χ4v) is 2.60. The first-order chi connectivity index (χ1) is 3.35. The van der Waals surface area contributed by atoms with Crippen LogP contribution in [0.25, 0.3) is 0 Å². The molecule has 8 heavy (non-hydrogen) atoms. The minimum absolute atomic E-state index is 0. The van der Waals surface area contributed by atoms with Gasteiger partial charge in [0.1, 0.15) is 0 Å². The highest BCUT2D eigenvalue weighted by Crippen LogP contribution is 2.01. The smallest absolute Gasteiger partial charge is 0.0680 e. The third kappa shape index (κ3) is 4.44. The Bertz CT molecular complexity index is 30.0. The van der Waals surface area contributed by atoms with E-state index in [-0.39, 0.29) is 17.2 Å². The molecular weight excluding hydrogens is 111 g/mol. The van der Waals surface area contributed by atoms with Crippen LogP contribution in [0, 0.1) is 0 Å². The average molecular weight is 130 g/mol. The van der Waals surface area contributed by atoms with Crippen LogP contribution in [0.3, 0.4) is 0 Å². The molecule has 0 aromatic rings. The molecule has 0 aliphatic carbocycles. The van der Waals surface area contributed by atoms with Gasteiger partial charge in [-0.1, -0.05) is 38.9 Å². The van der Waals surface area contributed by atoms with Gasteiger partial charge >= 0.3 is 0 Å². The van der Waals surface area contributed by atoms with Crippen LogP contribution in [-0.4, -0.2) is 17.2 Å². The summed E-state index contributed by atoms with van der Waals surface area (Å²) in [6, 6.07) is 4.48. The van der Waals surface area contributed by atoms with Crippen molar-refractivity contribution in [2.45, 2.75) is 38.9 Å². The molecule has 0 heterocycles. The summed E-state index contributed by atoms with van der Waals surface area (Å²) in [6.45, 7) is 6.97. The van der Waals surface area contributed by atoms with E-state index in [4.69, 9.17) is 0 Å². The van der Waals surface area contributed by atoms with E-state index in [2.05, 4.69) is 20.8 Å². The first kappa shape index (κ1) is 11.1. The van der Waals surface area contributed by atoms with Gasteiger partial charge < -0.3 is 0 Å². The van der Waals surface area contributed by atoms with Gasteiger partial charge in [-0.15, -0.1) is 0 Å². The Morgan fingerprint density at radius 3 is 1.12 bits per heavy atom. The SMILES string of the molecule is B.CC[SiH](CC)CC. The summed E-state index contributed by atoms with van der Waals surface area (Å²) in [7, 11) is -0.171. The van der Waals surface area contributed by atoms with Gasteiger partial charge in [0.2, 0.25) is 0 Å². The Labute approximate surface area is 56.9 Å². The second-order valence-electron chi connectivity index (χ2n) is 2.09. The van der Waals surface area contributed by atoms with Crippen molar-refractivity contribution in [2.75, 3.05) is 0 Å². The zero-order chi connectivity index (χ0) is 5.70. The summed E-state index contributed by atoms with van der Waals surface area (Å²) in [6.07, 6.45) is 0. The maximum Gasteiger partial charge on any atom is 0.0814 e. The predicted octanol–water partition coefficient (Wildman–Crippen LogP) is 1.09. The second-order valence-corrected chi connectivity index (χ2v) is 6.27. The van der Waals surface area contributed by atoms with E-state index < -0.39 is 0 Å². The lowest BCUT2D eigenvalue weighted by molar-refractivity contribution is 1.24. The summed E-state index contributed by atoms with van der Waals surface area (Å²) >= 11 is 0. The molecule has 0 bridgehead atoms. The van der Waals surface area contributed by atoms with Crippen molar-refractivity contribution in [3.05, 3.63) is 0 Å². The van der Waals surface area contributed by atoms with Crippen LogP contribution in [0.4, 0.5) is 0 Å². The molecule has 0 aromatic heterocycles. The Hall–Kier alpha value is 0.282. The van der Waals surface area contributed by atoms with Crippen LogP contribution in [0.5, 0.6) is 0 Å². The first-order valence-corrected chi connectivity index (χ1v) is 5.80. The van der Waals surface area contributed by atoms with Gasteiger partial charge in [-0.25, -0.2) is 0 Å². The van der Waals surface area contributed by atoms with Gasteiger partial charge in [0.15, 0.2) is 0 Å². The minimum Gasteiger partial charge on any atom is -0.0680 e. The van der Waals surface area contributed by atoms with E-state index in [9.17, 15) is 0 Å². The van der Waals surface area contributed by atoms with Crippen molar-refractivity contribution in [2.24, 2.45) is 0 Å². The summed E-state index contributed by atoms with van der Waals surface area (Å²) in [4.78, 5) is 0. The molecule has 0 atom stereocenters. The average Bonchev–Trinajstić information content (AvgIpc) is 1.72. The molecule has 0 fully saturated rings. The van der Waals surface area contributed by atoms with Gasteiger partial charge in [0.05, 0.1) is 8.41 Å². The largest absolute Gasteiger partial charge is 0.0814 e. The quantitative estimate of drug-likeness (QED) is 0.501. The monoisotopic (exact) mass is 130 g/mol. The van der Waals surface area contributed by atoms with Crippen LogP contribution in [0.1, 0.15) is 20.8 Å². The summed E-state index contributed by atoms with van der Waals surface area (Å²) in [5.41, 5.74) is 0. The highest BCUT2D eigenvalue weighted by Gasteiger charge is 1.98. The predicted molar refractivity (Wildman–Crippen MR) is 48.5 cm³/mol. The molecule has 0 spiro atoms. The number of hydrogen-bond acceptors (Lipinski definition) is 0. The zero-order valence-corrected chi connectivity index (χ0v) is 6.85. The van der Waals surface area contributed by atoms with Crippen molar-refractivity contribution in [1.82, 2.24) is 0 Å². The van der Waals surface area contributed by atoms with E-state index >= 15 is 0 Å². The topological polar surface area (TPSA) is 0 Å². The van der Waals surface area contributed by atoms with Crippen molar-refractivity contribution >= 4 is 17.2 Å². The molecular formula is C6H19BSi. The van der Waals surface area contributed by atoms with E-state index in [0.717, 1.165) is 0 Å². The van der Waals surface area contributed by atoms with Crippen molar-refractivity contribution in [3.63, 3.8) is 0 Å². The molecule has 0 aromatic carbocycles. The molecule has 0 unspecified atom stereocenters. The third-order valence-corrected chi connectivity index (χ3v) is 5.20. The molecule has 0 saturated carbocycles. The lowest BCUT2D eigenvalue weighted by Gasteiger charge is -2.03. The van der Waals surface area contributed by atoms with E-state index in [1.165, 1.54) is 18.1 Å². The van der Waals surface area contributed by atoms with Crippen molar-refractivity contribution < 1.29 is 0 Å². The Morgan fingerprint density at radius 1 is 0.875 bits per heavy atom. The van der Waals surface area contributed by atoms with Gasteiger partial charge in [-0.2, -0.15) is 0 Å². The van der Waals surface area contributed by atoms with E-state index in [1.807, 2.05) is 0 Å². The van der Waals surface area contributed by atoms with Gasteiger partial charge in [0, 0.05) is 8.80 Å². The molecule has 0 saturated heterocycles. The molecule has 0 aliphatic rings. The van der Waals surface area contributed by atoms with E-state index in [1.54, 1.807) is 0 Å². The van der Waals surface area contributed by atoms with Crippen LogP contribution in [0.15, 0.2) is 0 Å². The highest BCUT2D eigenvalue weighted by atomic mass is 28.3. The lowest BCUT2D eigenvalue weighted by Crippen LogP contribution is -2.04. The minimum atomic E-state index is -0.171. The Balaban J connectivity index is 0. The van der Waals surface area contributed by atoms with Crippen LogP contribution in [-0.2, 0) is 0 Å². The molecule has 0 N–H and O–H groups in total. The fourth-order valence-electron chi connectivity index (χ4n) is 0.866. The molecule has 0 rings (SSSR count). The summed E-state index contributed by atoms with van der Waals surface area (Å²) in [5, 5.41) is 0. The molecule has 0 radical (unpaired) electrons. The van der Waals surface area contributed by atoms with E-state index in [0.29, 0.717) is 0 Å². The standard InChI is InChI=1S/C6H16Si.BH3/c1-4-7(5-2)6-3;/h7H,4-6H2,1-3H3;1H3. The highest BCUT2D eigenvalue weighted by molar-refractivity contribution is 6.58. The van der Waals surface area contributed by atoms with Crippen LogP contribution >= 0.6 is 0 Å². The van der Waals surface area contributed by atoms with Gasteiger partial charge in [-0.3, -0.25) is 0 Å². The van der Waals surface area contributed by atoms with Gasteiger partial charge in [0.25, 0.3) is 0 Å². The summed E-state index contributed by atoms with van der Waals surface area (Å²) < 4.78 is 0. The van der Waals surface area contributed by atoms with Crippen molar-refractivity contribution in [3.8, 4) is 0 Å². The first-order valence-electron chi connectivity index (χ1n) is 3.35. The zero-order valence-electron chi connectivity index (χ0n) is 5.70. The molecule has 2 heteroatoms. The molecule has 50 valence electrons.